The second-order valence-corrected chi connectivity index (χ2v) is 4.12. The number of nitrogens with two attached hydrogens (primary N) is 1. The number of amides is 1. The fourth-order valence-electron chi connectivity index (χ4n) is 1.76. The summed E-state index contributed by atoms with van der Waals surface area (Å²) in [6, 6.07) is 5.33. The topological polar surface area (TPSA) is 64.3 Å². The molecule has 21 heavy (non-hydrogen) atoms. The number of benzene rings is 2. The van der Waals surface area contributed by atoms with Gasteiger partial charge in [0.2, 0.25) is 0 Å². The quantitative estimate of drug-likeness (QED) is 0.856. The third-order valence-electron chi connectivity index (χ3n) is 2.78. The maximum absolute atomic E-state index is 13.5. The van der Waals surface area contributed by atoms with Crippen LogP contribution in [0.25, 0.3) is 0 Å². The molecule has 0 aliphatic heterocycles. The van der Waals surface area contributed by atoms with Gasteiger partial charge in [0.15, 0.2) is 11.6 Å². The zero-order valence-corrected chi connectivity index (χ0v) is 10.9. The smallest absolute Gasteiger partial charge is 0.258 e. The van der Waals surface area contributed by atoms with Gasteiger partial charge in [-0.3, -0.25) is 4.79 Å². The molecule has 0 fully saturated rings. The summed E-state index contributed by atoms with van der Waals surface area (Å²) < 4.78 is 44.7. The number of carbonyl (C=O) groups excluding carboxylic acids is 1. The second kappa shape index (κ2) is 5.74. The van der Waals surface area contributed by atoms with Crippen LogP contribution in [0.1, 0.15) is 10.4 Å². The van der Waals surface area contributed by atoms with Crippen molar-refractivity contribution in [1.82, 2.24) is 0 Å². The molecule has 110 valence electrons. The minimum atomic E-state index is -1.22. The number of halogens is 3. The van der Waals surface area contributed by atoms with E-state index >= 15 is 0 Å². The van der Waals surface area contributed by atoms with E-state index in [1.54, 1.807) is 0 Å². The van der Waals surface area contributed by atoms with E-state index in [1.807, 2.05) is 5.32 Å². The van der Waals surface area contributed by atoms with Crippen molar-refractivity contribution in [3.63, 3.8) is 0 Å². The zero-order chi connectivity index (χ0) is 15.6. The summed E-state index contributed by atoms with van der Waals surface area (Å²) in [4.78, 5) is 12.0. The molecule has 0 heterocycles. The maximum Gasteiger partial charge on any atom is 0.258 e. The van der Waals surface area contributed by atoms with E-state index in [4.69, 9.17) is 10.5 Å². The van der Waals surface area contributed by atoms with Crippen molar-refractivity contribution in [2.24, 2.45) is 0 Å². The minimum absolute atomic E-state index is 0.0162. The summed E-state index contributed by atoms with van der Waals surface area (Å²) in [5.41, 5.74) is 4.98. The standard InChI is InChI=1S/C14H11F3N2O2/c1-21-11-4-2-3-8(12(11)18)14(20)19-13-9(16)5-7(15)6-10(13)17/h2-6H,18H2,1H3,(H,19,20). The lowest BCUT2D eigenvalue weighted by molar-refractivity contribution is 0.102. The Morgan fingerprint density at radius 2 is 1.81 bits per heavy atom. The number of carbonyl (C=O) groups is 1. The minimum Gasteiger partial charge on any atom is -0.495 e. The molecule has 4 nitrogen and oxygen atoms in total. The number of ether oxygens (including phenoxy) is 1. The molecule has 1 amide bonds. The molecule has 0 aromatic heterocycles. The Labute approximate surface area is 118 Å². The first-order valence-corrected chi connectivity index (χ1v) is 5.82. The summed E-state index contributed by atoms with van der Waals surface area (Å²) >= 11 is 0. The Kier molecular flexibility index (Phi) is 4.02. The fourth-order valence-corrected chi connectivity index (χ4v) is 1.76. The normalized spacial score (nSPS) is 10.3. The molecule has 0 radical (unpaired) electrons. The third kappa shape index (κ3) is 2.91. The molecule has 0 bridgehead atoms. The molecule has 0 unspecified atom stereocenters. The van der Waals surface area contributed by atoms with Crippen molar-refractivity contribution < 1.29 is 22.7 Å². The van der Waals surface area contributed by atoms with Crippen molar-refractivity contribution >= 4 is 17.3 Å². The lowest BCUT2D eigenvalue weighted by Crippen LogP contribution is -2.16. The first-order chi connectivity index (χ1) is 9.93. The number of hydrogen-bond donors (Lipinski definition) is 2. The van der Waals surface area contributed by atoms with Crippen LogP contribution >= 0.6 is 0 Å². The Bertz CT molecular complexity index is 682. The van der Waals surface area contributed by atoms with Crippen LogP contribution in [0.2, 0.25) is 0 Å². The van der Waals surface area contributed by atoms with Crippen LogP contribution in [0.3, 0.4) is 0 Å². The summed E-state index contributed by atoms with van der Waals surface area (Å²) in [7, 11) is 1.37. The van der Waals surface area contributed by atoms with Gasteiger partial charge in [-0.25, -0.2) is 13.2 Å². The number of nitrogen functional groups attached to an aromatic ring is 1. The highest BCUT2D eigenvalue weighted by molar-refractivity contribution is 6.08. The van der Waals surface area contributed by atoms with Crippen LogP contribution in [0.4, 0.5) is 24.5 Å². The van der Waals surface area contributed by atoms with Gasteiger partial charge in [0, 0.05) is 12.1 Å². The number of rotatable bonds is 3. The van der Waals surface area contributed by atoms with E-state index in [2.05, 4.69) is 0 Å². The zero-order valence-electron chi connectivity index (χ0n) is 10.9. The van der Waals surface area contributed by atoms with Crippen molar-refractivity contribution in [2.45, 2.75) is 0 Å². The van der Waals surface area contributed by atoms with Gasteiger partial charge in [0.1, 0.15) is 17.3 Å². The van der Waals surface area contributed by atoms with Crippen molar-refractivity contribution in [2.75, 3.05) is 18.2 Å². The maximum atomic E-state index is 13.5. The van der Waals surface area contributed by atoms with Crippen LogP contribution < -0.4 is 15.8 Å². The molecule has 7 heteroatoms. The highest BCUT2D eigenvalue weighted by atomic mass is 19.1. The van der Waals surface area contributed by atoms with Gasteiger partial charge in [-0.2, -0.15) is 0 Å². The van der Waals surface area contributed by atoms with E-state index in [0.29, 0.717) is 12.1 Å². The molecule has 0 aliphatic rings. The molecule has 2 aromatic carbocycles. The summed E-state index contributed by atoms with van der Waals surface area (Å²) in [5, 5.41) is 2.02. The highest BCUT2D eigenvalue weighted by Crippen LogP contribution is 2.27. The van der Waals surface area contributed by atoms with Gasteiger partial charge >= 0.3 is 0 Å². The highest BCUT2D eigenvalue weighted by Gasteiger charge is 2.18. The molecular weight excluding hydrogens is 285 g/mol. The first kappa shape index (κ1) is 14.7. The lowest BCUT2D eigenvalue weighted by atomic mass is 10.1. The molecule has 3 N–H and O–H groups in total. The Morgan fingerprint density at radius 1 is 1.19 bits per heavy atom. The Hall–Kier alpha value is -2.70. The Morgan fingerprint density at radius 3 is 2.38 bits per heavy atom. The van der Waals surface area contributed by atoms with Crippen LogP contribution in [-0.4, -0.2) is 13.0 Å². The molecule has 0 aliphatic carbocycles. The van der Waals surface area contributed by atoms with Crippen LogP contribution in [0.15, 0.2) is 30.3 Å². The number of para-hydroxylation sites is 1. The number of methoxy groups -OCH3 is 1. The van der Waals surface area contributed by atoms with Gasteiger partial charge in [-0.05, 0) is 12.1 Å². The predicted octanol–water partition coefficient (Wildman–Crippen LogP) is 2.95. The van der Waals surface area contributed by atoms with Gasteiger partial charge in [0.25, 0.3) is 5.91 Å². The largest absolute Gasteiger partial charge is 0.495 e. The van der Waals surface area contributed by atoms with Crippen molar-refractivity contribution in [1.29, 1.82) is 0 Å². The van der Waals surface area contributed by atoms with E-state index in [0.717, 1.165) is 0 Å². The van der Waals surface area contributed by atoms with Gasteiger partial charge in [-0.15, -0.1) is 0 Å². The number of anilines is 2. The average molecular weight is 296 g/mol. The summed E-state index contributed by atoms with van der Waals surface area (Å²) in [6.45, 7) is 0. The molecule has 0 saturated heterocycles. The van der Waals surface area contributed by atoms with Crippen molar-refractivity contribution in [3.05, 3.63) is 53.3 Å². The fraction of sp³-hybridized carbons (Fsp3) is 0.0714. The van der Waals surface area contributed by atoms with Gasteiger partial charge in [0.05, 0.1) is 18.4 Å². The molecule has 0 atom stereocenters. The van der Waals surface area contributed by atoms with Crippen LogP contribution in [0.5, 0.6) is 5.75 Å². The number of nitrogens with one attached hydrogen (secondary N) is 1. The second-order valence-electron chi connectivity index (χ2n) is 4.12. The predicted molar refractivity (Wildman–Crippen MR) is 71.7 cm³/mol. The molecular formula is C14H11F3N2O2. The molecule has 2 aromatic rings. The van der Waals surface area contributed by atoms with Gasteiger partial charge < -0.3 is 15.8 Å². The monoisotopic (exact) mass is 296 g/mol. The van der Waals surface area contributed by atoms with E-state index < -0.39 is 29.0 Å². The van der Waals surface area contributed by atoms with E-state index in [9.17, 15) is 18.0 Å². The number of hydrogen-bond acceptors (Lipinski definition) is 3. The SMILES string of the molecule is COc1cccc(C(=O)Nc2c(F)cc(F)cc2F)c1N. The van der Waals surface area contributed by atoms with Crippen molar-refractivity contribution in [3.8, 4) is 5.75 Å². The average Bonchev–Trinajstić information content (AvgIpc) is 2.42. The third-order valence-corrected chi connectivity index (χ3v) is 2.78. The summed E-state index contributed by atoms with van der Waals surface area (Å²) in [5.74, 6) is -4.10. The van der Waals surface area contributed by atoms with Crippen LogP contribution in [-0.2, 0) is 0 Å². The van der Waals surface area contributed by atoms with Crippen LogP contribution in [0, 0.1) is 17.5 Å². The molecule has 0 spiro atoms. The first-order valence-electron chi connectivity index (χ1n) is 5.82. The lowest BCUT2D eigenvalue weighted by Gasteiger charge is -2.11. The van der Waals surface area contributed by atoms with E-state index in [1.165, 1.54) is 25.3 Å². The van der Waals surface area contributed by atoms with Gasteiger partial charge in [-0.1, -0.05) is 6.07 Å². The molecule has 2 rings (SSSR count). The Balaban J connectivity index is 2.35. The molecule has 0 saturated carbocycles. The van der Waals surface area contributed by atoms with E-state index in [-0.39, 0.29) is 17.0 Å². The summed E-state index contributed by atoms with van der Waals surface area (Å²) in [6.07, 6.45) is 0.